The normalized spacial score (nSPS) is 9.38. The van der Waals surface area contributed by atoms with Crippen LogP contribution < -0.4 is 5.32 Å². The van der Waals surface area contributed by atoms with Crippen molar-refractivity contribution in [2.24, 2.45) is 5.11 Å². The predicted octanol–water partition coefficient (Wildman–Crippen LogP) is 1.90. The second kappa shape index (κ2) is 5.24. The zero-order chi connectivity index (χ0) is 12.1. The lowest BCUT2D eigenvalue weighted by molar-refractivity contribution is -0.114. The standard InChI is InChI=1S/C8H9N5O2S/c1-4-7(6(15)3-10-13-9)16-8(11-4)12-5(2)14/h3H2,1-2H3,(H,11,12,14). The molecule has 1 heterocycles. The number of carbonyl (C=O) groups excluding carboxylic acids is 2. The third kappa shape index (κ3) is 3.04. The molecule has 0 fully saturated rings. The lowest BCUT2D eigenvalue weighted by Crippen LogP contribution is -2.04. The fourth-order valence-corrected chi connectivity index (χ4v) is 1.97. The molecule has 84 valence electrons. The first-order chi connectivity index (χ1) is 7.54. The molecule has 1 N–H and O–H groups in total. The number of thiazole rings is 1. The van der Waals surface area contributed by atoms with Crippen molar-refractivity contribution in [3.05, 3.63) is 21.0 Å². The van der Waals surface area contributed by atoms with Gasteiger partial charge in [-0.2, -0.15) is 0 Å². The Morgan fingerprint density at radius 3 is 2.88 bits per heavy atom. The Morgan fingerprint density at radius 2 is 2.31 bits per heavy atom. The molecule has 0 saturated heterocycles. The molecule has 1 aromatic rings. The fraction of sp³-hybridized carbons (Fsp3) is 0.375. The van der Waals surface area contributed by atoms with Crippen LogP contribution in [0.15, 0.2) is 5.11 Å². The first-order valence-electron chi connectivity index (χ1n) is 4.33. The van der Waals surface area contributed by atoms with Gasteiger partial charge in [0.25, 0.3) is 0 Å². The molecular weight excluding hydrogens is 230 g/mol. The molecule has 0 aliphatic rings. The molecule has 1 rings (SSSR count). The van der Waals surface area contributed by atoms with Crippen LogP contribution in [0, 0.1) is 6.92 Å². The molecule has 0 bridgehead atoms. The summed E-state index contributed by atoms with van der Waals surface area (Å²) in [6, 6.07) is 0. The van der Waals surface area contributed by atoms with Gasteiger partial charge in [0, 0.05) is 11.8 Å². The van der Waals surface area contributed by atoms with Gasteiger partial charge in [-0.25, -0.2) is 4.98 Å². The molecule has 0 aliphatic carbocycles. The fourth-order valence-electron chi connectivity index (χ4n) is 1.03. The highest BCUT2D eigenvalue weighted by atomic mass is 32.1. The van der Waals surface area contributed by atoms with E-state index in [0.717, 1.165) is 11.3 Å². The molecule has 0 unspecified atom stereocenters. The summed E-state index contributed by atoms with van der Waals surface area (Å²) in [5, 5.41) is 6.04. The van der Waals surface area contributed by atoms with Crippen molar-refractivity contribution < 1.29 is 9.59 Å². The minimum Gasteiger partial charge on any atom is -0.302 e. The number of hydrogen-bond donors (Lipinski definition) is 1. The van der Waals surface area contributed by atoms with Crippen LogP contribution in [0.5, 0.6) is 0 Å². The number of nitrogens with one attached hydrogen (secondary N) is 1. The number of Topliss-reactive ketones (excluding diaryl/α,β-unsaturated/α-hetero) is 1. The van der Waals surface area contributed by atoms with E-state index in [1.165, 1.54) is 6.92 Å². The highest BCUT2D eigenvalue weighted by Crippen LogP contribution is 2.22. The summed E-state index contributed by atoms with van der Waals surface area (Å²) in [4.78, 5) is 29.2. The summed E-state index contributed by atoms with van der Waals surface area (Å²) >= 11 is 1.07. The molecule has 8 heteroatoms. The molecule has 0 radical (unpaired) electrons. The Balaban J connectivity index is 2.88. The number of aryl methyl sites for hydroxylation is 1. The van der Waals surface area contributed by atoms with Crippen LogP contribution in [0.1, 0.15) is 22.3 Å². The number of aromatic nitrogens is 1. The number of ketones is 1. The van der Waals surface area contributed by atoms with Crippen LogP contribution >= 0.6 is 11.3 Å². The van der Waals surface area contributed by atoms with Gasteiger partial charge in [-0.15, -0.1) is 0 Å². The van der Waals surface area contributed by atoms with E-state index in [9.17, 15) is 9.59 Å². The lowest BCUT2D eigenvalue weighted by Gasteiger charge is -1.92. The van der Waals surface area contributed by atoms with E-state index in [1.807, 2.05) is 0 Å². The molecule has 0 aromatic carbocycles. The van der Waals surface area contributed by atoms with Crippen LogP contribution in [-0.2, 0) is 4.79 Å². The van der Waals surface area contributed by atoms with Gasteiger partial charge in [-0.3, -0.25) is 9.59 Å². The van der Waals surface area contributed by atoms with E-state index in [4.69, 9.17) is 5.53 Å². The van der Waals surface area contributed by atoms with Gasteiger partial charge in [0.2, 0.25) is 5.91 Å². The van der Waals surface area contributed by atoms with Crippen LogP contribution in [0.25, 0.3) is 10.4 Å². The quantitative estimate of drug-likeness (QED) is 0.375. The molecule has 1 aromatic heterocycles. The Labute approximate surface area is 95.1 Å². The summed E-state index contributed by atoms with van der Waals surface area (Å²) in [5.41, 5.74) is 8.61. The number of hydrogen-bond acceptors (Lipinski definition) is 5. The van der Waals surface area contributed by atoms with Gasteiger partial charge in [-0.05, 0) is 12.5 Å². The molecule has 0 spiro atoms. The number of anilines is 1. The third-order valence-electron chi connectivity index (χ3n) is 1.61. The van der Waals surface area contributed by atoms with Crippen LogP contribution in [0.4, 0.5) is 5.13 Å². The van der Waals surface area contributed by atoms with E-state index >= 15 is 0 Å². The van der Waals surface area contributed by atoms with Crippen molar-refractivity contribution in [3.8, 4) is 0 Å². The first-order valence-corrected chi connectivity index (χ1v) is 5.15. The topological polar surface area (TPSA) is 108 Å². The van der Waals surface area contributed by atoms with Crippen LogP contribution in [0.3, 0.4) is 0 Å². The van der Waals surface area contributed by atoms with Gasteiger partial charge in [0.05, 0.1) is 17.1 Å². The SMILES string of the molecule is CC(=O)Nc1nc(C)c(C(=O)CN=[N+]=[N-])s1. The minimum absolute atomic E-state index is 0.237. The number of amides is 1. The smallest absolute Gasteiger partial charge is 0.223 e. The average Bonchev–Trinajstić information content (AvgIpc) is 2.54. The molecule has 1 amide bonds. The Morgan fingerprint density at radius 1 is 1.62 bits per heavy atom. The highest BCUT2D eigenvalue weighted by Gasteiger charge is 2.14. The Kier molecular flexibility index (Phi) is 3.98. The summed E-state index contributed by atoms with van der Waals surface area (Å²) in [6.45, 7) is 2.78. The second-order valence-electron chi connectivity index (χ2n) is 2.93. The number of azide groups is 1. The van der Waals surface area contributed by atoms with E-state index in [0.29, 0.717) is 15.7 Å². The van der Waals surface area contributed by atoms with Crippen molar-refractivity contribution in [2.75, 3.05) is 11.9 Å². The molecule has 0 saturated carbocycles. The monoisotopic (exact) mass is 239 g/mol. The first kappa shape index (κ1) is 12.2. The Hall–Kier alpha value is -1.92. The van der Waals surface area contributed by atoms with Crippen LogP contribution in [0.2, 0.25) is 0 Å². The summed E-state index contributed by atoms with van der Waals surface area (Å²) in [5.74, 6) is -0.549. The van der Waals surface area contributed by atoms with Gasteiger partial charge >= 0.3 is 0 Å². The summed E-state index contributed by atoms with van der Waals surface area (Å²) in [7, 11) is 0. The maximum Gasteiger partial charge on any atom is 0.223 e. The zero-order valence-corrected chi connectivity index (χ0v) is 9.54. The lowest BCUT2D eigenvalue weighted by atomic mass is 10.3. The average molecular weight is 239 g/mol. The minimum atomic E-state index is -0.301. The van der Waals surface area contributed by atoms with Gasteiger partial charge in [0.15, 0.2) is 10.9 Å². The molecule has 0 aliphatic heterocycles. The second-order valence-corrected chi connectivity index (χ2v) is 3.93. The molecule has 7 nitrogen and oxygen atoms in total. The van der Waals surface area contributed by atoms with Crippen molar-refractivity contribution in [3.63, 3.8) is 0 Å². The molecular formula is C8H9N5O2S. The van der Waals surface area contributed by atoms with E-state index < -0.39 is 0 Å². The van der Waals surface area contributed by atoms with Gasteiger partial charge < -0.3 is 5.32 Å². The van der Waals surface area contributed by atoms with Crippen LogP contribution in [-0.4, -0.2) is 23.2 Å². The van der Waals surface area contributed by atoms with Gasteiger partial charge in [0.1, 0.15) is 0 Å². The number of rotatable bonds is 4. The highest BCUT2D eigenvalue weighted by molar-refractivity contribution is 7.17. The largest absolute Gasteiger partial charge is 0.302 e. The molecule has 16 heavy (non-hydrogen) atoms. The van der Waals surface area contributed by atoms with E-state index in [1.54, 1.807) is 6.92 Å². The van der Waals surface area contributed by atoms with E-state index in [-0.39, 0.29) is 18.2 Å². The predicted molar refractivity (Wildman–Crippen MR) is 59.5 cm³/mol. The molecule has 0 atom stereocenters. The summed E-state index contributed by atoms with van der Waals surface area (Å²) in [6.07, 6.45) is 0. The van der Waals surface area contributed by atoms with Crippen molar-refractivity contribution >= 4 is 28.2 Å². The number of nitrogens with zero attached hydrogens (tertiary/aromatic N) is 4. The van der Waals surface area contributed by atoms with Gasteiger partial charge in [-0.1, -0.05) is 16.5 Å². The van der Waals surface area contributed by atoms with E-state index in [2.05, 4.69) is 20.3 Å². The third-order valence-corrected chi connectivity index (χ3v) is 2.72. The summed E-state index contributed by atoms with van der Waals surface area (Å²) < 4.78 is 0. The zero-order valence-electron chi connectivity index (χ0n) is 8.72. The van der Waals surface area contributed by atoms with Crippen molar-refractivity contribution in [2.45, 2.75) is 13.8 Å². The van der Waals surface area contributed by atoms with Crippen molar-refractivity contribution in [1.82, 2.24) is 4.98 Å². The maximum absolute atomic E-state index is 11.5. The maximum atomic E-state index is 11.5. The van der Waals surface area contributed by atoms with Crippen molar-refractivity contribution in [1.29, 1.82) is 0 Å². The Bertz CT molecular complexity index is 475. The number of carbonyl (C=O) groups is 2.